The van der Waals surface area contributed by atoms with Gasteiger partial charge in [0.25, 0.3) is 5.91 Å². The quantitative estimate of drug-likeness (QED) is 0.568. The van der Waals surface area contributed by atoms with Gasteiger partial charge in [-0.15, -0.1) is 0 Å². The Morgan fingerprint density at radius 1 is 1.06 bits per heavy atom. The third-order valence-electron chi connectivity index (χ3n) is 6.22. The predicted molar refractivity (Wildman–Crippen MR) is 127 cm³/mol. The molecule has 2 heterocycles. The summed E-state index contributed by atoms with van der Waals surface area (Å²) >= 11 is 0. The highest BCUT2D eigenvalue weighted by Gasteiger charge is 2.22. The number of likely N-dealkylation sites (N-methyl/N-ethyl adjacent to an activating group) is 1. The van der Waals surface area contributed by atoms with Crippen molar-refractivity contribution in [2.45, 2.75) is 26.5 Å². The van der Waals surface area contributed by atoms with Gasteiger partial charge in [0, 0.05) is 38.3 Å². The molecule has 3 aromatic rings. The number of carbonyl (C=O) groups is 1. The number of nitrogens with zero attached hydrogens (tertiary/aromatic N) is 3. The summed E-state index contributed by atoms with van der Waals surface area (Å²) in [4.78, 5) is 17.8. The number of aromatic nitrogens is 1. The Morgan fingerprint density at radius 3 is 2.39 bits per heavy atom. The summed E-state index contributed by atoms with van der Waals surface area (Å²) in [5.41, 5.74) is 3.51. The Kier molecular flexibility index (Phi) is 7.42. The van der Waals surface area contributed by atoms with Crippen LogP contribution in [0.2, 0.25) is 0 Å². The van der Waals surface area contributed by atoms with Gasteiger partial charge < -0.3 is 19.5 Å². The molecule has 0 saturated carbocycles. The van der Waals surface area contributed by atoms with Crippen LogP contribution in [-0.2, 0) is 6.61 Å². The van der Waals surface area contributed by atoms with Gasteiger partial charge in [-0.3, -0.25) is 9.69 Å². The number of carbonyl (C=O) groups excluding carboxylic acids is 1. The number of hydrogen-bond acceptors (Lipinski definition) is 6. The van der Waals surface area contributed by atoms with E-state index in [2.05, 4.69) is 39.5 Å². The zero-order valence-electron chi connectivity index (χ0n) is 19.6. The van der Waals surface area contributed by atoms with Crippen LogP contribution < -0.4 is 10.1 Å². The van der Waals surface area contributed by atoms with E-state index in [-0.39, 0.29) is 11.9 Å². The van der Waals surface area contributed by atoms with Crippen molar-refractivity contribution >= 4 is 5.91 Å². The molecule has 0 radical (unpaired) electrons. The second-order valence-corrected chi connectivity index (χ2v) is 8.66. The van der Waals surface area contributed by atoms with Crippen LogP contribution in [0.1, 0.15) is 39.0 Å². The summed E-state index contributed by atoms with van der Waals surface area (Å²) in [6, 6.07) is 17.4. The highest BCUT2D eigenvalue weighted by molar-refractivity contribution is 5.94. The number of benzene rings is 2. The Hall–Kier alpha value is -3.16. The number of rotatable bonds is 8. The van der Waals surface area contributed by atoms with E-state index in [0.717, 1.165) is 55.3 Å². The third-order valence-corrected chi connectivity index (χ3v) is 6.22. The smallest absolute Gasteiger partial charge is 0.251 e. The molecule has 1 aromatic heterocycles. The first-order valence-electron chi connectivity index (χ1n) is 11.4. The van der Waals surface area contributed by atoms with Crippen molar-refractivity contribution in [2.75, 3.05) is 39.8 Å². The second kappa shape index (κ2) is 10.6. The molecular weight excluding hydrogens is 416 g/mol. The molecular formula is C26H32N4O3. The Labute approximate surface area is 195 Å². The first kappa shape index (κ1) is 23.0. The van der Waals surface area contributed by atoms with Gasteiger partial charge in [-0.1, -0.05) is 35.5 Å². The van der Waals surface area contributed by atoms with Crippen molar-refractivity contribution in [3.05, 3.63) is 82.7 Å². The molecule has 4 rings (SSSR count). The molecule has 1 atom stereocenters. The monoisotopic (exact) mass is 448 g/mol. The van der Waals surface area contributed by atoms with Gasteiger partial charge in [-0.05, 0) is 50.7 Å². The highest BCUT2D eigenvalue weighted by Crippen LogP contribution is 2.20. The molecule has 0 aliphatic carbocycles. The van der Waals surface area contributed by atoms with E-state index in [4.69, 9.17) is 9.26 Å². The molecule has 1 aliphatic rings. The molecule has 1 fully saturated rings. The van der Waals surface area contributed by atoms with Crippen molar-refractivity contribution in [2.24, 2.45) is 0 Å². The van der Waals surface area contributed by atoms with Gasteiger partial charge >= 0.3 is 0 Å². The summed E-state index contributed by atoms with van der Waals surface area (Å²) in [5.74, 6) is 1.37. The summed E-state index contributed by atoms with van der Waals surface area (Å²) < 4.78 is 11.0. The zero-order valence-corrected chi connectivity index (χ0v) is 19.6. The minimum absolute atomic E-state index is 0.0717. The van der Waals surface area contributed by atoms with Gasteiger partial charge in [0.1, 0.15) is 18.1 Å². The van der Waals surface area contributed by atoms with E-state index in [1.54, 1.807) is 12.1 Å². The average Bonchev–Trinajstić information content (AvgIpc) is 3.16. The normalized spacial score (nSPS) is 15.8. The molecule has 1 N–H and O–H groups in total. The first-order valence-corrected chi connectivity index (χ1v) is 11.4. The molecule has 7 heteroatoms. The Morgan fingerprint density at radius 2 is 1.76 bits per heavy atom. The van der Waals surface area contributed by atoms with Crippen LogP contribution in [-0.4, -0.2) is 60.6 Å². The van der Waals surface area contributed by atoms with E-state index < -0.39 is 0 Å². The van der Waals surface area contributed by atoms with Gasteiger partial charge in [0.05, 0.1) is 17.3 Å². The summed E-state index contributed by atoms with van der Waals surface area (Å²) in [7, 11) is 2.15. The molecule has 33 heavy (non-hydrogen) atoms. The van der Waals surface area contributed by atoms with E-state index in [1.165, 1.54) is 0 Å². The van der Waals surface area contributed by atoms with Gasteiger partial charge in [0.15, 0.2) is 0 Å². The second-order valence-electron chi connectivity index (χ2n) is 8.66. The van der Waals surface area contributed by atoms with Gasteiger partial charge in [-0.2, -0.15) is 0 Å². The summed E-state index contributed by atoms with van der Waals surface area (Å²) in [6.07, 6.45) is 0. The van der Waals surface area contributed by atoms with Crippen LogP contribution in [0.3, 0.4) is 0 Å². The molecule has 1 aliphatic heterocycles. The maximum atomic E-state index is 13.1. The highest BCUT2D eigenvalue weighted by atomic mass is 16.5. The van der Waals surface area contributed by atoms with Crippen molar-refractivity contribution in [3.8, 4) is 5.75 Å². The Balaban J connectivity index is 1.39. The lowest BCUT2D eigenvalue weighted by Gasteiger charge is -2.35. The summed E-state index contributed by atoms with van der Waals surface area (Å²) in [6.45, 7) is 9.05. The van der Waals surface area contributed by atoms with Crippen molar-refractivity contribution in [1.29, 1.82) is 0 Å². The lowest BCUT2D eigenvalue weighted by molar-refractivity contribution is 0.0907. The lowest BCUT2D eigenvalue weighted by atomic mass is 10.0. The third kappa shape index (κ3) is 6.00. The number of piperazine rings is 1. The largest absolute Gasteiger partial charge is 0.489 e. The van der Waals surface area contributed by atoms with Crippen LogP contribution in [0.25, 0.3) is 0 Å². The van der Waals surface area contributed by atoms with E-state index in [9.17, 15) is 4.79 Å². The zero-order chi connectivity index (χ0) is 23.2. The minimum atomic E-state index is -0.0877. The number of hydrogen-bond donors (Lipinski definition) is 1. The molecule has 0 spiro atoms. The molecule has 1 amide bonds. The molecule has 7 nitrogen and oxygen atoms in total. The molecule has 1 unspecified atom stereocenters. The Bertz CT molecular complexity index is 1020. The van der Waals surface area contributed by atoms with Crippen molar-refractivity contribution < 1.29 is 14.1 Å². The van der Waals surface area contributed by atoms with Gasteiger partial charge in [0.2, 0.25) is 0 Å². The number of ether oxygens (including phenoxy) is 1. The standard InChI is InChI=1S/C26H32N4O3/c1-19-24(20(2)33-28-19)18-32-23-11-9-22(10-12-23)26(31)27-25(21-7-5-4-6-8-21)17-30-15-13-29(3)14-16-30/h4-12,25H,13-18H2,1-3H3,(H,27,31). The maximum absolute atomic E-state index is 13.1. The minimum Gasteiger partial charge on any atom is -0.489 e. The fraction of sp³-hybridized carbons (Fsp3) is 0.385. The first-order chi connectivity index (χ1) is 16.0. The fourth-order valence-electron chi connectivity index (χ4n) is 4.02. The number of aryl methyl sites for hydroxylation is 2. The molecule has 0 bridgehead atoms. The summed E-state index contributed by atoms with van der Waals surface area (Å²) in [5, 5.41) is 7.19. The molecule has 174 valence electrons. The van der Waals surface area contributed by atoms with Crippen LogP contribution in [0.15, 0.2) is 59.1 Å². The van der Waals surface area contributed by atoms with E-state index >= 15 is 0 Å². The van der Waals surface area contributed by atoms with Crippen molar-refractivity contribution in [1.82, 2.24) is 20.3 Å². The molecule has 1 saturated heterocycles. The van der Waals surface area contributed by atoms with Crippen LogP contribution >= 0.6 is 0 Å². The van der Waals surface area contributed by atoms with Crippen molar-refractivity contribution in [3.63, 3.8) is 0 Å². The fourth-order valence-corrected chi connectivity index (χ4v) is 4.02. The number of nitrogens with one attached hydrogen (secondary N) is 1. The van der Waals surface area contributed by atoms with E-state index in [1.807, 2.05) is 44.2 Å². The maximum Gasteiger partial charge on any atom is 0.251 e. The average molecular weight is 449 g/mol. The topological polar surface area (TPSA) is 70.8 Å². The SMILES string of the molecule is Cc1noc(C)c1COc1ccc(C(=O)NC(CN2CCN(C)CC2)c2ccccc2)cc1. The van der Waals surface area contributed by atoms with Crippen LogP contribution in [0.5, 0.6) is 5.75 Å². The van der Waals surface area contributed by atoms with Crippen LogP contribution in [0, 0.1) is 13.8 Å². The van der Waals surface area contributed by atoms with Crippen LogP contribution in [0.4, 0.5) is 0 Å². The predicted octanol–water partition coefficient (Wildman–Crippen LogP) is 3.59. The lowest BCUT2D eigenvalue weighted by Crippen LogP contribution is -2.47. The van der Waals surface area contributed by atoms with E-state index in [0.29, 0.717) is 17.9 Å². The van der Waals surface area contributed by atoms with Gasteiger partial charge in [-0.25, -0.2) is 0 Å². The molecule has 2 aromatic carbocycles. The number of amides is 1.